The minimum absolute atomic E-state index is 0.0445. The second-order valence-corrected chi connectivity index (χ2v) is 4.96. The molecule has 0 saturated carbocycles. The van der Waals surface area contributed by atoms with Gasteiger partial charge < -0.3 is 10.0 Å². The number of benzene rings is 2. The van der Waals surface area contributed by atoms with E-state index in [1.807, 2.05) is 60.7 Å². The Kier molecular flexibility index (Phi) is 3.96. The van der Waals surface area contributed by atoms with E-state index in [1.165, 1.54) is 0 Å². The molecule has 0 saturated heterocycles. The van der Waals surface area contributed by atoms with Gasteiger partial charge >= 0.3 is 0 Å². The summed E-state index contributed by atoms with van der Waals surface area (Å²) in [5, 5.41) is 16.7. The molecule has 1 unspecified atom stereocenters. The Morgan fingerprint density at radius 3 is 2.43 bits per heavy atom. The number of rotatable bonds is 4. The quantitative estimate of drug-likeness (QED) is 0.526. The van der Waals surface area contributed by atoms with Gasteiger partial charge in [0.2, 0.25) is 0 Å². The first-order valence-corrected chi connectivity index (χ1v) is 6.89. The van der Waals surface area contributed by atoms with E-state index in [9.17, 15) is 5.21 Å². The molecule has 0 bridgehead atoms. The lowest BCUT2D eigenvalue weighted by Gasteiger charge is -2.07. The van der Waals surface area contributed by atoms with Gasteiger partial charge in [-0.25, -0.2) is 0 Å². The summed E-state index contributed by atoms with van der Waals surface area (Å²) >= 11 is 0. The van der Waals surface area contributed by atoms with E-state index in [4.69, 9.17) is 4.84 Å². The third-order valence-electron chi connectivity index (χ3n) is 3.50. The van der Waals surface area contributed by atoms with Crippen LogP contribution in [0.1, 0.15) is 30.1 Å². The molecule has 1 aliphatic rings. The predicted molar refractivity (Wildman–Crippen MR) is 81.7 cm³/mol. The Morgan fingerprint density at radius 2 is 1.76 bits per heavy atom. The highest BCUT2D eigenvalue weighted by atomic mass is 16.6. The van der Waals surface area contributed by atoms with E-state index in [-0.39, 0.29) is 6.10 Å². The Hall–Kier alpha value is -2.62. The summed E-state index contributed by atoms with van der Waals surface area (Å²) < 4.78 is 0. The van der Waals surface area contributed by atoms with Crippen molar-refractivity contribution in [3.63, 3.8) is 0 Å². The predicted octanol–water partition coefficient (Wildman–Crippen LogP) is 3.77. The van der Waals surface area contributed by atoms with Crippen molar-refractivity contribution in [2.24, 2.45) is 10.3 Å². The summed E-state index contributed by atoms with van der Waals surface area (Å²) in [5.41, 5.74) is 3.50. The Balaban J connectivity index is 1.67. The Bertz CT molecular complexity index is 651. The summed E-state index contributed by atoms with van der Waals surface area (Å²) in [6.07, 6.45) is 1.16. The molecule has 2 aromatic rings. The maximum absolute atomic E-state index is 9.21. The lowest BCUT2D eigenvalue weighted by Crippen LogP contribution is -2.09. The van der Waals surface area contributed by atoms with Gasteiger partial charge in [0.25, 0.3) is 0 Å². The van der Waals surface area contributed by atoms with Gasteiger partial charge in [0, 0.05) is 12.8 Å². The Morgan fingerprint density at radius 1 is 1.10 bits per heavy atom. The standard InChI is InChI=1S/C17H16N2O2/c20-18-16(13-7-3-1-4-8-13)11-15-12-17(21-19-15)14-9-5-2-6-10-14/h1-10,17,20H,11-12H2/b18-16+. The van der Waals surface area contributed by atoms with Crippen molar-refractivity contribution in [1.29, 1.82) is 0 Å². The highest BCUT2D eigenvalue weighted by Crippen LogP contribution is 2.28. The van der Waals surface area contributed by atoms with Crippen molar-refractivity contribution < 1.29 is 10.0 Å². The van der Waals surface area contributed by atoms with Gasteiger partial charge in [-0.1, -0.05) is 71.0 Å². The number of hydrogen-bond donors (Lipinski definition) is 1. The molecule has 21 heavy (non-hydrogen) atoms. The van der Waals surface area contributed by atoms with E-state index in [0.29, 0.717) is 12.1 Å². The van der Waals surface area contributed by atoms with Crippen LogP contribution in [0.5, 0.6) is 0 Å². The van der Waals surface area contributed by atoms with Crippen LogP contribution >= 0.6 is 0 Å². The van der Waals surface area contributed by atoms with Crippen molar-refractivity contribution in [3.05, 3.63) is 71.8 Å². The van der Waals surface area contributed by atoms with Crippen molar-refractivity contribution in [2.75, 3.05) is 0 Å². The molecule has 0 spiro atoms. The summed E-state index contributed by atoms with van der Waals surface area (Å²) in [4.78, 5) is 5.48. The van der Waals surface area contributed by atoms with Gasteiger partial charge in [-0.2, -0.15) is 0 Å². The molecule has 0 radical (unpaired) electrons. The molecule has 0 aromatic heterocycles. The van der Waals surface area contributed by atoms with Gasteiger partial charge in [0.05, 0.1) is 11.4 Å². The Labute approximate surface area is 123 Å². The maximum atomic E-state index is 9.21. The van der Waals surface area contributed by atoms with Crippen LogP contribution in [0.15, 0.2) is 71.0 Å². The smallest absolute Gasteiger partial charge is 0.157 e. The van der Waals surface area contributed by atoms with Crippen molar-refractivity contribution in [3.8, 4) is 0 Å². The van der Waals surface area contributed by atoms with Crippen LogP contribution in [0.2, 0.25) is 0 Å². The minimum Gasteiger partial charge on any atom is -0.411 e. The zero-order chi connectivity index (χ0) is 14.5. The minimum atomic E-state index is -0.0445. The van der Waals surface area contributed by atoms with E-state index >= 15 is 0 Å². The highest BCUT2D eigenvalue weighted by molar-refractivity contribution is 6.12. The largest absolute Gasteiger partial charge is 0.411 e. The third-order valence-corrected chi connectivity index (χ3v) is 3.50. The molecule has 3 rings (SSSR count). The first kappa shape index (κ1) is 13.4. The van der Waals surface area contributed by atoms with Gasteiger partial charge in [0.1, 0.15) is 0 Å². The van der Waals surface area contributed by atoms with Gasteiger partial charge in [-0.15, -0.1) is 0 Å². The van der Waals surface area contributed by atoms with E-state index in [2.05, 4.69) is 10.3 Å². The molecule has 0 amide bonds. The second-order valence-electron chi connectivity index (χ2n) is 4.96. The number of oxime groups is 2. The fraction of sp³-hybridized carbons (Fsp3) is 0.176. The van der Waals surface area contributed by atoms with Crippen molar-refractivity contribution >= 4 is 11.4 Å². The van der Waals surface area contributed by atoms with Crippen LogP contribution in [0, 0.1) is 0 Å². The molecule has 1 aliphatic heterocycles. The number of nitrogens with zero attached hydrogens (tertiary/aromatic N) is 2. The molecule has 4 nitrogen and oxygen atoms in total. The molecule has 0 fully saturated rings. The summed E-state index contributed by atoms with van der Waals surface area (Å²) in [7, 11) is 0. The molecule has 106 valence electrons. The monoisotopic (exact) mass is 280 g/mol. The van der Waals surface area contributed by atoms with E-state index in [1.54, 1.807) is 0 Å². The molecule has 0 aliphatic carbocycles. The first-order chi connectivity index (χ1) is 10.4. The van der Waals surface area contributed by atoms with E-state index < -0.39 is 0 Å². The zero-order valence-corrected chi connectivity index (χ0v) is 11.5. The average Bonchev–Trinajstić information content (AvgIpc) is 3.03. The number of hydrogen-bond acceptors (Lipinski definition) is 4. The first-order valence-electron chi connectivity index (χ1n) is 6.89. The average molecular weight is 280 g/mol. The summed E-state index contributed by atoms with van der Waals surface area (Å²) in [5.74, 6) is 0. The van der Waals surface area contributed by atoms with Gasteiger partial charge in [-0.3, -0.25) is 0 Å². The molecular weight excluding hydrogens is 264 g/mol. The highest BCUT2D eigenvalue weighted by Gasteiger charge is 2.24. The maximum Gasteiger partial charge on any atom is 0.157 e. The fourth-order valence-electron chi connectivity index (χ4n) is 2.40. The van der Waals surface area contributed by atoms with Crippen LogP contribution in [0.25, 0.3) is 0 Å². The van der Waals surface area contributed by atoms with Crippen molar-refractivity contribution in [2.45, 2.75) is 18.9 Å². The molecule has 1 atom stereocenters. The lowest BCUT2D eigenvalue weighted by atomic mass is 9.99. The normalized spacial score (nSPS) is 18.2. The molecule has 2 aromatic carbocycles. The third kappa shape index (κ3) is 3.11. The summed E-state index contributed by atoms with van der Waals surface area (Å²) in [6, 6.07) is 19.6. The van der Waals surface area contributed by atoms with E-state index in [0.717, 1.165) is 23.3 Å². The SMILES string of the molecule is O/N=C(\CC1=NOC(c2ccccc2)C1)c1ccccc1. The topological polar surface area (TPSA) is 54.2 Å². The van der Waals surface area contributed by atoms with Gasteiger partial charge in [0.15, 0.2) is 6.10 Å². The van der Waals surface area contributed by atoms with Gasteiger partial charge in [-0.05, 0) is 11.1 Å². The van der Waals surface area contributed by atoms with Crippen LogP contribution in [-0.4, -0.2) is 16.6 Å². The summed E-state index contributed by atoms with van der Waals surface area (Å²) in [6.45, 7) is 0. The van der Waals surface area contributed by atoms with Crippen molar-refractivity contribution in [1.82, 2.24) is 0 Å². The lowest BCUT2D eigenvalue weighted by molar-refractivity contribution is 0.0857. The fourth-order valence-corrected chi connectivity index (χ4v) is 2.40. The van der Waals surface area contributed by atoms with Crippen LogP contribution < -0.4 is 0 Å². The van der Waals surface area contributed by atoms with Crippen LogP contribution in [0.3, 0.4) is 0 Å². The molecule has 1 N–H and O–H groups in total. The second kappa shape index (κ2) is 6.22. The van der Waals surface area contributed by atoms with Crippen LogP contribution in [0.4, 0.5) is 0 Å². The molecule has 1 heterocycles. The zero-order valence-electron chi connectivity index (χ0n) is 11.5. The molecule has 4 heteroatoms. The molecular formula is C17H16N2O2. The van der Waals surface area contributed by atoms with Crippen LogP contribution in [-0.2, 0) is 4.84 Å².